The Hall–Kier alpha value is -1.58. The third kappa shape index (κ3) is 3.60. The molecule has 2 bridgehead atoms. The summed E-state index contributed by atoms with van der Waals surface area (Å²) < 4.78 is 11.5. The first-order valence-corrected chi connectivity index (χ1v) is 8.09. The number of carbonyl (C=O) groups is 2. The number of rotatable bonds is 4. The Balaban J connectivity index is 2.23. The molecule has 3 saturated carbocycles. The molecule has 0 aromatic heterocycles. The van der Waals surface area contributed by atoms with Crippen molar-refractivity contribution in [3.63, 3.8) is 0 Å². The molecule has 0 aromatic carbocycles. The summed E-state index contributed by atoms with van der Waals surface area (Å²) in [6, 6.07) is 0. The van der Waals surface area contributed by atoms with Crippen LogP contribution in [0.15, 0.2) is 24.3 Å². The highest BCUT2D eigenvalue weighted by molar-refractivity contribution is 5.88. The molecule has 3 aliphatic carbocycles. The van der Waals surface area contributed by atoms with E-state index in [0.29, 0.717) is 17.1 Å². The number of hydrogen-bond acceptors (Lipinski definition) is 4. The molecule has 0 aliphatic heterocycles. The van der Waals surface area contributed by atoms with Gasteiger partial charge in [-0.15, -0.1) is 0 Å². The van der Waals surface area contributed by atoms with E-state index in [1.165, 1.54) is 0 Å². The van der Waals surface area contributed by atoms with Crippen molar-refractivity contribution in [1.82, 2.24) is 0 Å². The topological polar surface area (TPSA) is 52.6 Å². The Morgan fingerprint density at radius 1 is 0.955 bits per heavy atom. The summed E-state index contributed by atoms with van der Waals surface area (Å²) in [6.07, 6.45) is 6.04. The second-order valence-corrected chi connectivity index (χ2v) is 6.78. The summed E-state index contributed by atoms with van der Waals surface area (Å²) in [5.41, 5.74) is 0.0542. The largest absolute Gasteiger partial charge is 0.455 e. The fourth-order valence-corrected chi connectivity index (χ4v) is 3.47. The highest BCUT2D eigenvalue weighted by Crippen LogP contribution is 2.44. The third-order valence-corrected chi connectivity index (χ3v) is 4.86. The molecule has 0 saturated heterocycles. The van der Waals surface area contributed by atoms with Crippen molar-refractivity contribution in [2.75, 3.05) is 0 Å². The predicted molar refractivity (Wildman–Crippen MR) is 84.1 cm³/mol. The maximum Gasteiger partial charge on any atom is 0.333 e. The fourth-order valence-electron chi connectivity index (χ4n) is 3.47. The lowest BCUT2D eigenvalue weighted by Crippen LogP contribution is -2.52. The van der Waals surface area contributed by atoms with Crippen LogP contribution in [0.25, 0.3) is 0 Å². The van der Waals surface area contributed by atoms with Crippen molar-refractivity contribution in [2.24, 2.45) is 5.92 Å². The number of hydrogen-bond donors (Lipinski definition) is 0. The Kier molecular flexibility index (Phi) is 5.09. The monoisotopic (exact) mass is 306 g/mol. The molecule has 1 atom stereocenters. The van der Waals surface area contributed by atoms with Crippen LogP contribution >= 0.6 is 0 Å². The maximum atomic E-state index is 12.1. The Bertz CT molecular complexity index is 483. The number of fused-ring (bicyclic) bond motifs is 5. The second kappa shape index (κ2) is 6.67. The quantitative estimate of drug-likeness (QED) is 0.587. The molecule has 0 heterocycles. The molecule has 0 N–H and O–H groups in total. The van der Waals surface area contributed by atoms with E-state index in [2.05, 4.69) is 13.2 Å². The highest BCUT2D eigenvalue weighted by atomic mass is 16.6. The van der Waals surface area contributed by atoms with Crippen molar-refractivity contribution in [3.8, 4) is 0 Å². The van der Waals surface area contributed by atoms with E-state index in [0.717, 1.165) is 44.9 Å². The van der Waals surface area contributed by atoms with Crippen LogP contribution in [0, 0.1) is 5.92 Å². The summed E-state index contributed by atoms with van der Waals surface area (Å²) in [5.74, 6) is -0.0942. The van der Waals surface area contributed by atoms with Crippen molar-refractivity contribution < 1.29 is 19.1 Å². The molecule has 0 amide bonds. The van der Waals surface area contributed by atoms with E-state index in [4.69, 9.17) is 9.47 Å². The van der Waals surface area contributed by atoms with Gasteiger partial charge in [0.2, 0.25) is 0 Å². The molecule has 3 fully saturated rings. The van der Waals surface area contributed by atoms with Gasteiger partial charge in [0.15, 0.2) is 0 Å². The number of esters is 2. The van der Waals surface area contributed by atoms with E-state index in [-0.39, 0.29) is 6.10 Å². The average Bonchev–Trinajstić information content (AvgIpc) is 2.45. The lowest BCUT2D eigenvalue weighted by molar-refractivity contribution is -0.193. The first-order valence-electron chi connectivity index (χ1n) is 8.09. The predicted octanol–water partition coefficient (Wildman–Crippen LogP) is 3.71. The molecule has 1 unspecified atom stereocenters. The summed E-state index contributed by atoms with van der Waals surface area (Å²) in [5, 5.41) is 0. The van der Waals surface area contributed by atoms with Crippen molar-refractivity contribution in [1.29, 1.82) is 0 Å². The minimum atomic E-state index is -0.696. The van der Waals surface area contributed by atoms with E-state index in [1.807, 2.05) is 0 Å². The zero-order valence-corrected chi connectivity index (χ0v) is 13.7. The van der Waals surface area contributed by atoms with Crippen LogP contribution in [-0.2, 0) is 19.1 Å². The van der Waals surface area contributed by atoms with E-state index < -0.39 is 17.5 Å². The standard InChI is InChI=1S/C18H26O4/c1-12(2)16(19)21-15-7-5-6-14-8-10-18(15,11-9-14)22-17(20)13(3)4/h14-15H,1,3,5-11H2,2,4H3. The fraction of sp³-hybridized carbons (Fsp3) is 0.667. The normalized spacial score (nSPS) is 30.8. The molecule has 0 aromatic rings. The summed E-state index contributed by atoms with van der Waals surface area (Å²) in [4.78, 5) is 24.0. The summed E-state index contributed by atoms with van der Waals surface area (Å²) in [7, 11) is 0. The first kappa shape index (κ1) is 16.8. The highest BCUT2D eigenvalue weighted by Gasteiger charge is 2.48. The van der Waals surface area contributed by atoms with Crippen LogP contribution in [-0.4, -0.2) is 23.6 Å². The molecule has 22 heavy (non-hydrogen) atoms. The van der Waals surface area contributed by atoms with Crippen LogP contribution in [0.3, 0.4) is 0 Å². The molecule has 3 rings (SSSR count). The van der Waals surface area contributed by atoms with Crippen molar-refractivity contribution >= 4 is 11.9 Å². The van der Waals surface area contributed by atoms with Crippen LogP contribution in [0.2, 0.25) is 0 Å². The lowest BCUT2D eigenvalue weighted by Gasteiger charge is -2.46. The van der Waals surface area contributed by atoms with Gasteiger partial charge in [-0.1, -0.05) is 19.6 Å². The Morgan fingerprint density at radius 3 is 2.09 bits per heavy atom. The van der Waals surface area contributed by atoms with Gasteiger partial charge in [0.25, 0.3) is 0 Å². The molecule has 122 valence electrons. The van der Waals surface area contributed by atoms with Crippen LogP contribution in [0.4, 0.5) is 0 Å². The maximum absolute atomic E-state index is 12.1. The van der Waals surface area contributed by atoms with Gasteiger partial charge in [-0.2, -0.15) is 0 Å². The number of ether oxygens (including phenoxy) is 2. The summed E-state index contributed by atoms with van der Waals surface area (Å²) in [6.45, 7) is 10.6. The van der Waals surface area contributed by atoms with Gasteiger partial charge < -0.3 is 9.47 Å². The van der Waals surface area contributed by atoms with Gasteiger partial charge in [-0.3, -0.25) is 0 Å². The molecular formula is C18H26O4. The zero-order valence-electron chi connectivity index (χ0n) is 13.7. The van der Waals surface area contributed by atoms with Crippen LogP contribution in [0.1, 0.15) is 58.8 Å². The van der Waals surface area contributed by atoms with Gasteiger partial charge in [-0.25, -0.2) is 9.59 Å². The zero-order chi connectivity index (χ0) is 16.3. The average molecular weight is 306 g/mol. The molecule has 0 spiro atoms. The Morgan fingerprint density at radius 2 is 1.55 bits per heavy atom. The minimum absolute atomic E-state index is 0.372. The first-order chi connectivity index (χ1) is 10.3. The smallest absolute Gasteiger partial charge is 0.333 e. The molecule has 4 heteroatoms. The third-order valence-electron chi connectivity index (χ3n) is 4.86. The SMILES string of the molecule is C=C(C)C(=O)OC1CCCC2CCC1(OC(=O)C(=C)C)CC2. The molecule has 4 nitrogen and oxygen atoms in total. The minimum Gasteiger partial charge on any atom is -0.455 e. The molecule has 0 radical (unpaired) electrons. The van der Waals surface area contributed by atoms with Crippen LogP contribution in [0.5, 0.6) is 0 Å². The molecular weight excluding hydrogens is 280 g/mol. The number of carbonyl (C=O) groups excluding carboxylic acids is 2. The molecule has 3 aliphatic rings. The van der Waals surface area contributed by atoms with Gasteiger partial charge in [0.1, 0.15) is 11.7 Å². The van der Waals surface area contributed by atoms with Gasteiger partial charge >= 0.3 is 11.9 Å². The van der Waals surface area contributed by atoms with Crippen molar-refractivity contribution in [2.45, 2.75) is 70.5 Å². The van der Waals surface area contributed by atoms with Gasteiger partial charge in [0, 0.05) is 11.1 Å². The van der Waals surface area contributed by atoms with Crippen molar-refractivity contribution in [3.05, 3.63) is 24.3 Å². The summed E-state index contributed by atoms with van der Waals surface area (Å²) >= 11 is 0. The van der Waals surface area contributed by atoms with E-state index in [9.17, 15) is 9.59 Å². The second-order valence-electron chi connectivity index (χ2n) is 6.78. The Labute approximate surface area is 132 Å². The van der Waals surface area contributed by atoms with Gasteiger partial charge in [-0.05, 0) is 58.3 Å². The van der Waals surface area contributed by atoms with E-state index >= 15 is 0 Å². The van der Waals surface area contributed by atoms with Gasteiger partial charge in [0.05, 0.1) is 0 Å². The van der Waals surface area contributed by atoms with E-state index in [1.54, 1.807) is 13.8 Å². The lowest BCUT2D eigenvalue weighted by atomic mass is 9.70. The van der Waals surface area contributed by atoms with Crippen LogP contribution < -0.4 is 0 Å².